The smallest absolute Gasteiger partial charge is 0.243 e. The largest absolute Gasteiger partial charge is 0.311 e. The van der Waals surface area contributed by atoms with Gasteiger partial charge in [-0.05, 0) is 67.9 Å². The number of carbonyl (C=O) groups excluding carboxylic acids is 1. The number of aryl methyl sites for hydroxylation is 3. The van der Waals surface area contributed by atoms with Gasteiger partial charge in [0.1, 0.15) is 5.82 Å². The normalized spacial score (nSPS) is 17.0. The Kier molecular flexibility index (Phi) is 6.27. The molecule has 5 rings (SSSR count). The molecule has 1 saturated heterocycles. The lowest BCUT2D eigenvalue weighted by Gasteiger charge is -2.30. The van der Waals surface area contributed by atoms with Crippen LogP contribution in [0.25, 0.3) is 0 Å². The summed E-state index contributed by atoms with van der Waals surface area (Å²) in [6.07, 6.45) is 4.06. The van der Waals surface area contributed by atoms with Crippen LogP contribution in [0.5, 0.6) is 0 Å². The van der Waals surface area contributed by atoms with Crippen molar-refractivity contribution in [1.29, 1.82) is 0 Å². The fourth-order valence-corrected chi connectivity index (χ4v) is 6.49. The Morgan fingerprint density at radius 2 is 1.76 bits per heavy atom. The summed E-state index contributed by atoms with van der Waals surface area (Å²) in [5.74, 6) is 0.357. The van der Waals surface area contributed by atoms with E-state index < -0.39 is 10.0 Å². The standard InChI is InChI=1S/C26H30N4O3S/c1-19-16-25(30(28-19)18-20-6-3-2-4-7-20)27-26(31)22-12-14-29(15-13-22)34(32,33)24-11-10-21-8-5-9-23(21)17-24/h2-4,6-7,10-11,16-17,22H,5,8-9,12-15,18H2,1H3,(H,27,31). The second kappa shape index (κ2) is 9.35. The maximum atomic E-state index is 13.2. The van der Waals surface area contributed by atoms with Gasteiger partial charge in [-0.1, -0.05) is 36.4 Å². The number of amides is 1. The molecular formula is C26H30N4O3S. The van der Waals surface area contributed by atoms with Crippen LogP contribution >= 0.6 is 0 Å². The van der Waals surface area contributed by atoms with E-state index in [9.17, 15) is 13.2 Å². The molecule has 2 aliphatic rings. The molecule has 1 N–H and O–H groups in total. The lowest BCUT2D eigenvalue weighted by molar-refractivity contribution is -0.121. The van der Waals surface area contributed by atoms with Crippen molar-refractivity contribution in [1.82, 2.24) is 14.1 Å². The van der Waals surface area contributed by atoms with Crippen molar-refractivity contribution in [2.45, 2.75) is 50.5 Å². The molecule has 1 aliphatic carbocycles. The van der Waals surface area contributed by atoms with Crippen molar-refractivity contribution in [2.75, 3.05) is 18.4 Å². The van der Waals surface area contributed by atoms with Gasteiger partial charge in [0.25, 0.3) is 0 Å². The van der Waals surface area contributed by atoms with Crippen LogP contribution in [0, 0.1) is 12.8 Å². The number of sulfonamides is 1. The zero-order valence-electron chi connectivity index (χ0n) is 19.4. The molecule has 3 aromatic rings. The summed E-state index contributed by atoms with van der Waals surface area (Å²) in [5, 5.41) is 7.55. The van der Waals surface area contributed by atoms with E-state index in [0.717, 1.165) is 36.1 Å². The van der Waals surface area contributed by atoms with Gasteiger partial charge in [0.2, 0.25) is 15.9 Å². The monoisotopic (exact) mass is 478 g/mol. The second-order valence-electron chi connectivity index (χ2n) is 9.27. The number of aromatic nitrogens is 2. The minimum Gasteiger partial charge on any atom is -0.311 e. The maximum absolute atomic E-state index is 13.2. The summed E-state index contributed by atoms with van der Waals surface area (Å²) >= 11 is 0. The molecule has 1 aromatic heterocycles. The topological polar surface area (TPSA) is 84.3 Å². The molecule has 34 heavy (non-hydrogen) atoms. The molecule has 2 heterocycles. The van der Waals surface area contributed by atoms with Gasteiger partial charge in [-0.2, -0.15) is 9.40 Å². The number of hydrogen-bond donors (Lipinski definition) is 1. The number of benzene rings is 2. The first-order valence-electron chi connectivity index (χ1n) is 11.9. The van der Waals surface area contributed by atoms with E-state index in [2.05, 4.69) is 10.4 Å². The molecule has 0 bridgehead atoms. The highest BCUT2D eigenvalue weighted by Gasteiger charge is 2.33. The van der Waals surface area contributed by atoms with Crippen LogP contribution in [0.15, 0.2) is 59.5 Å². The zero-order chi connectivity index (χ0) is 23.7. The van der Waals surface area contributed by atoms with Gasteiger partial charge in [-0.15, -0.1) is 0 Å². The zero-order valence-corrected chi connectivity index (χ0v) is 20.2. The first kappa shape index (κ1) is 22.8. The van der Waals surface area contributed by atoms with Crippen LogP contribution in [0.3, 0.4) is 0 Å². The Morgan fingerprint density at radius 3 is 2.53 bits per heavy atom. The Morgan fingerprint density at radius 1 is 1.03 bits per heavy atom. The SMILES string of the molecule is Cc1cc(NC(=O)C2CCN(S(=O)(=O)c3ccc4c(c3)CCC4)CC2)n(Cc2ccccc2)n1. The van der Waals surface area contributed by atoms with E-state index in [0.29, 0.717) is 43.2 Å². The maximum Gasteiger partial charge on any atom is 0.243 e. The predicted octanol–water partition coefficient (Wildman–Crippen LogP) is 3.77. The van der Waals surface area contributed by atoms with E-state index >= 15 is 0 Å². The summed E-state index contributed by atoms with van der Waals surface area (Å²) < 4.78 is 29.7. The third kappa shape index (κ3) is 4.65. The van der Waals surface area contributed by atoms with Crippen molar-refractivity contribution < 1.29 is 13.2 Å². The fourth-order valence-electron chi connectivity index (χ4n) is 4.97. The molecule has 0 radical (unpaired) electrons. The Labute approximate surface area is 200 Å². The van der Waals surface area contributed by atoms with Crippen LogP contribution in [0.1, 0.15) is 41.6 Å². The molecule has 0 saturated carbocycles. The first-order valence-corrected chi connectivity index (χ1v) is 13.4. The molecule has 178 valence electrons. The van der Waals surface area contributed by atoms with Crippen molar-refractivity contribution in [3.63, 3.8) is 0 Å². The average Bonchev–Trinajstić information content (AvgIpc) is 3.45. The number of carbonyl (C=O) groups is 1. The second-order valence-corrected chi connectivity index (χ2v) is 11.2. The van der Waals surface area contributed by atoms with E-state index in [4.69, 9.17) is 0 Å². The van der Waals surface area contributed by atoms with Crippen LogP contribution in [-0.4, -0.2) is 41.5 Å². The lowest BCUT2D eigenvalue weighted by Crippen LogP contribution is -2.41. The minimum absolute atomic E-state index is 0.0798. The van der Waals surface area contributed by atoms with E-state index in [1.165, 1.54) is 9.87 Å². The van der Waals surface area contributed by atoms with Gasteiger partial charge in [0, 0.05) is 25.1 Å². The molecule has 0 atom stereocenters. The molecule has 2 aromatic carbocycles. The van der Waals surface area contributed by atoms with Gasteiger partial charge >= 0.3 is 0 Å². The Bertz CT molecular complexity index is 1290. The highest BCUT2D eigenvalue weighted by atomic mass is 32.2. The van der Waals surface area contributed by atoms with Gasteiger partial charge in [-0.25, -0.2) is 13.1 Å². The predicted molar refractivity (Wildman–Crippen MR) is 131 cm³/mol. The molecular weight excluding hydrogens is 448 g/mol. The summed E-state index contributed by atoms with van der Waals surface area (Å²) in [7, 11) is -3.54. The van der Waals surface area contributed by atoms with Gasteiger partial charge in [0.05, 0.1) is 17.1 Å². The summed E-state index contributed by atoms with van der Waals surface area (Å²) in [6, 6.07) is 17.4. The quantitative estimate of drug-likeness (QED) is 0.585. The van der Waals surface area contributed by atoms with Crippen molar-refractivity contribution >= 4 is 21.7 Å². The Balaban J connectivity index is 1.22. The van der Waals surface area contributed by atoms with Crippen LogP contribution in [0.4, 0.5) is 5.82 Å². The lowest BCUT2D eigenvalue weighted by atomic mass is 9.97. The molecule has 1 fully saturated rings. The number of fused-ring (bicyclic) bond motifs is 1. The van der Waals surface area contributed by atoms with E-state index in [1.54, 1.807) is 10.7 Å². The summed E-state index contributed by atoms with van der Waals surface area (Å²) in [5.41, 5.74) is 4.35. The molecule has 1 amide bonds. The number of nitrogens with zero attached hydrogens (tertiary/aromatic N) is 3. The van der Waals surface area contributed by atoms with Crippen molar-refractivity contribution in [3.8, 4) is 0 Å². The van der Waals surface area contributed by atoms with Gasteiger partial charge < -0.3 is 5.32 Å². The average molecular weight is 479 g/mol. The number of rotatable bonds is 6. The first-order chi connectivity index (χ1) is 16.4. The van der Waals surface area contributed by atoms with Crippen molar-refractivity contribution in [3.05, 3.63) is 77.0 Å². The van der Waals surface area contributed by atoms with E-state index in [-0.39, 0.29) is 11.8 Å². The molecule has 7 nitrogen and oxygen atoms in total. The molecule has 1 aliphatic heterocycles. The highest BCUT2D eigenvalue weighted by Crippen LogP contribution is 2.29. The molecule has 8 heteroatoms. The third-order valence-electron chi connectivity index (χ3n) is 6.86. The molecule has 0 spiro atoms. The highest BCUT2D eigenvalue weighted by molar-refractivity contribution is 7.89. The number of anilines is 1. The Hall–Kier alpha value is -2.97. The summed E-state index contributed by atoms with van der Waals surface area (Å²) in [6.45, 7) is 3.17. The van der Waals surface area contributed by atoms with Crippen LogP contribution in [0.2, 0.25) is 0 Å². The minimum atomic E-state index is -3.54. The third-order valence-corrected chi connectivity index (χ3v) is 8.76. The number of piperidine rings is 1. The van der Waals surface area contributed by atoms with E-state index in [1.807, 2.05) is 55.5 Å². The fraction of sp³-hybridized carbons (Fsp3) is 0.385. The number of hydrogen-bond acceptors (Lipinski definition) is 4. The summed E-state index contributed by atoms with van der Waals surface area (Å²) in [4.78, 5) is 13.4. The molecule has 0 unspecified atom stereocenters. The van der Waals surface area contributed by atoms with Crippen LogP contribution < -0.4 is 5.32 Å². The van der Waals surface area contributed by atoms with Gasteiger partial charge in [-0.3, -0.25) is 4.79 Å². The van der Waals surface area contributed by atoms with Crippen LogP contribution in [-0.2, 0) is 34.2 Å². The van der Waals surface area contributed by atoms with Crippen molar-refractivity contribution in [2.24, 2.45) is 5.92 Å². The number of nitrogens with one attached hydrogen (secondary N) is 1. The van der Waals surface area contributed by atoms with Gasteiger partial charge in [0.15, 0.2) is 0 Å².